The van der Waals surface area contributed by atoms with Crippen LogP contribution in [-0.4, -0.2) is 6.54 Å². The van der Waals surface area contributed by atoms with Crippen molar-refractivity contribution in [3.05, 3.63) is 35.4 Å². The average Bonchev–Trinajstić information content (AvgIpc) is 2.18. The van der Waals surface area contributed by atoms with Gasteiger partial charge in [-0.25, -0.2) is 8.78 Å². The number of alkyl halides is 2. The van der Waals surface area contributed by atoms with Gasteiger partial charge in [0, 0.05) is 12.5 Å². The number of aryl methyl sites for hydroxylation is 1. The monoisotopic (exact) mass is 213 g/mol. The van der Waals surface area contributed by atoms with Crippen molar-refractivity contribution < 1.29 is 8.78 Å². The molecule has 0 aromatic heterocycles. The fraction of sp³-hybridized carbons (Fsp3) is 0.500. The first-order chi connectivity index (χ1) is 7.04. The molecular formula is C12H17F2N. The molecule has 0 aliphatic carbocycles. The topological polar surface area (TPSA) is 26.0 Å². The Bertz CT molecular complexity index is 287. The lowest BCUT2D eigenvalue weighted by molar-refractivity contribution is 0.0174. The highest BCUT2D eigenvalue weighted by Crippen LogP contribution is 2.26. The molecule has 0 unspecified atom stereocenters. The van der Waals surface area contributed by atoms with Gasteiger partial charge in [-0.2, -0.15) is 0 Å². The van der Waals surface area contributed by atoms with Crippen LogP contribution < -0.4 is 5.73 Å². The third-order valence-electron chi connectivity index (χ3n) is 2.38. The molecule has 1 rings (SSSR count). The molecular weight excluding hydrogens is 196 g/mol. The fourth-order valence-corrected chi connectivity index (χ4v) is 1.44. The molecule has 0 atom stereocenters. The van der Waals surface area contributed by atoms with E-state index in [0.717, 1.165) is 31.7 Å². The summed E-state index contributed by atoms with van der Waals surface area (Å²) in [5.74, 6) is -2.74. The first-order valence-electron chi connectivity index (χ1n) is 5.21. The molecule has 0 spiro atoms. The highest BCUT2D eigenvalue weighted by atomic mass is 19.3. The maximum atomic E-state index is 12.9. The van der Waals surface area contributed by atoms with Crippen molar-refractivity contribution in [2.24, 2.45) is 5.73 Å². The summed E-state index contributed by atoms with van der Waals surface area (Å²) in [5, 5.41) is 0. The van der Waals surface area contributed by atoms with Gasteiger partial charge in [0.2, 0.25) is 0 Å². The standard InChI is InChI=1S/C12H17F2N/c1-12(13,14)11-7-5-10(6-8-11)4-2-3-9-15/h5-8H,2-4,9,15H2,1H3. The lowest BCUT2D eigenvalue weighted by atomic mass is 10.0. The minimum atomic E-state index is -2.74. The Labute approximate surface area is 89.3 Å². The molecule has 0 radical (unpaired) electrons. The SMILES string of the molecule is CC(F)(F)c1ccc(CCCCN)cc1. The van der Waals surface area contributed by atoms with E-state index in [1.807, 2.05) is 0 Å². The zero-order chi connectivity index (χ0) is 11.3. The van der Waals surface area contributed by atoms with Gasteiger partial charge in [0.05, 0.1) is 0 Å². The highest BCUT2D eigenvalue weighted by molar-refractivity contribution is 5.25. The molecule has 1 aromatic rings. The lowest BCUT2D eigenvalue weighted by Crippen LogP contribution is -2.06. The van der Waals surface area contributed by atoms with Gasteiger partial charge in [0.15, 0.2) is 0 Å². The smallest absolute Gasteiger partial charge is 0.270 e. The molecule has 84 valence electrons. The number of nitrogens with two attached hydrogens (primary N) is 1. The maximum absolute atomic E-state index is 12.9. The van der Waals surface area contributed by atoms with Crippen LogP contribution in [0.4, 0.5) is 8.78 Å². The molecule has 0 fully saturated rings. The van der Waals surface area contributed by atoms with Gasteiger partial charge in [0.1, 0.15) is 0 Å². The summed E-state index contributed by atoms with van der Waals surface area (Å²) in [6.45, 7) is 1.60. The third-order valence-corrected chi connectivity index (χ3v) is 2.38. The van der Waals surface area contributed by atoms with Crippen molar-refractivity contribution in [3.63, 3.8) is 0 Å². The summed E-state index contributed by atoms with van der Waals surface area (Å²) in [6, 6.07) is 6.53. The zero-order valence-corrected chi connectivity index (χ0v) is 8.97. The predicted octanol–water partition coefficient (Wildman–Crippen LogP) is 3.08. The Morgan fingerprint density at radius 3 is 2.20 bits per heavy atom. The minimum absolute atomic E-state index is 0.0741. The molecule has 0 aliphatic heterocycles. The number of halogens is 2. The van der Waals surface area contributed by atoms with Crippen LogP contribution >= 0.6 is 0 Å². The summed E-state index contributed by atoms with van der Waals surface area (Å²) in [4.78, 5) is 0. The van der Waals surface area contributed by atoms with E-state index in [2.05, 4.69) is 0 Å². The summed E-state index contributed by atoms with van der Waals surface area (Å²) in [7, 11) is 0. The molecule has 15 heavy (non-hydrogen) atoms. The lowest BCUT2D eigenvalue weighted by Gasteiger charge is -2.10. The van der Waals surface area contributed by atoms with Crippen molar-refractivity contribution in [1.29, 1.82) is 0 Å². The van der Waals surface area contributed by atoms with Gasteiger partial charge < -0.3 is 5.73 Å². The van der Waals surface area contributed by atoms with Crippen LogP contribution in [0.5, 0.6) is 0 Å². The van der Waals surface area contributed by atoms with E-state index in [4.69, 9.17) is 5.73 Å². The zero-order valence-electron chi connectivity index (χ0n) is 8.97. The van der Waals surface area contributed by atoms with Gasteiger partial charge in [-0.05, 0) is 31.4 Å². The molecule has 0 saturated heterocycles. The van der Waals surface area contributed by atoms with E-state index in [-0.39, 0.29) is 5.56 Å². The van der Waals surface area contributed by atoms with Crippen LogP contribution in [0.1, 0.15) is 30.9 Å². The third kappa shape index (κ3) is 3.96. The molecule has 1 aromatic carbocycles. The molecule has 0 amide bonds. The molecule has 1 nitrogen and oxygen atoms in total. The largest absolute Gasteiger partial charge is 0.330 e. The van der Waals surface area contributed by atoms with E-state index in [9.17, 15) is 8.78 Å². The Hall–Kier alpha value is -0.960. The van der Waals surface area contributed by atoms with Gasteiger partial charge in [-0.15, -0.1) is 0 Å². The van der Waals surface area contributed by atoms with Crippen molar-refractivity contribution >= 4 is 0 Å². The van der Waals surface area contributed by atoms with Crippen molar-refractivity contribution in [2.45, 2.75) is 32.1 Å². The van der Waals surface area contributed by atoms with E-state index in [0.29, 0.717) is 6.54 Å². The number of rotatable bonds is 5. The molecule has 0 heterocycles. The van der Waals surface area contributed by atoms with E-state index < -0.39 is 5.92 Å². The highest BCUT2D eigenvalue weighted by Gasteiger charge is 2.23. The molecule has 3 heteroatoms. The van der Waals surface area contributed by atoms with Gasteiger partial charge in [-0.1, -0.05) is 24.3 Å². The molecule has 0 bridgehead atoms. The number of unbranched alkanes of at least 4 members (excludes halogenated alkanes) is 1. The summed E-state index contributed by atoms with van der Waals surface area (Å²) < 4.78 is 25.8. The normalized spacial score (nSPS) is 11.7. The van der Waals surface area contributed by atoms with Crippen molar-refractivity contribution in [2.75, 3.05) is 6.54 Å². The van der Waals surface area contributed by atoms with Crippen molar-refractivity contribution in [3.8, 4) is 0 Å². The second-order valence-electron chi connectivity index (χ2n) is 3.83. The summed E-state index contributed by atoms with van der Waals surface area (Å²) in [6.07, 6.45) is 2.90. The van der Waals surface area contributed by atoms with Crippen LogP contribution in [0.25, 0.3) is 0 Å². The van der Waals surface area contributed by atoms with Gasteiger partial charge >= 0.3 is 0 Å². The molecule has 2 N–H and O–H groups in total. The minimum Gasteiger partial charge on any atom is -0.330 e. The van der Waals surface area contributed by atoms with Crippen LogP contribution in [0.3, 0.4) is 0 Å². The van der Waals surface area contributed by atoms with Crippen LogP contribution in [0, 0.1) is 0 Å². The number of hydrogen-bond donors (Lipinski definition) is 1. The fourth-order valence-electron chi connectivity index (χ4n) is 1.44. The second kappa shape index (κ2) is 5.21. The second-order valence-corrected chi connectivity index (χ2v) is 3.83. The Morgan fingerprint density at radius 2 is 1.73 bits per heavy atom. The van der Waals surface area contributed by atoms with E-state index in [1.165, 1.54) is 12.1 Å². The maximum Gasteiger partial charge on any atom is 0.270 e. The number of hydrogen-bond acceptors (Lipinski definition) is 1. The van der Waals surface area contributed by atoms with Crippen LogP contribution in [0.2, 0.25) is 0 Å². The average molecular weight is 213 g/mol. The molecule has 0 aliphatic rings. The van der Waals surface area contributed by atoms with Crippen LogP contribution in [0.15, 0.2) is 24.3 Å². The van der Waals surface area contributed by atoms with E-state index in [1.54, 1.807) is 12.1 Å². The van der Waals surface area contributed by atoms with Gasteiger partial charge in [0.25, 0.3) is 5.92 Å². The quantitative estimate of drug-likeness (QED) is 0.747. The van der Waals surface area contributed by atoms with Crippen LogP contribution in [-0.2, 0) is 12.3 Å². The van der Waals surface area contributed by atoms with Crippen molar-refractivity contribution in [1.82, 2.24) is 0 Å². The molecule has 0 saturated carbocycles. The Morgan fingerprint density at radius 1 is 1.13 bits per heavy atom. The number of benzene rings is 1. The Balaban J connectivity index is 2.57. The Kier molecular flexibility index (Phi) is 4.21. The summed E-state index contributed by atoms with van der Waals surface area (Å²) >= 11 is 0. The predicted molar refractivity (Wildman–Crippen MR) is 58.0 cm³/mol. The van der Waals surface area contributed by atoms with E-state index >= 15 is 0 Å². The summed E-state index contributed by atoms with van der Waals surface area (Å²) in [5.41, 5.74) is 6.54. The van der Waals surface area contributed by atoms with Gasteiger partial charge in [-0.3, -0.25) is 0 Å². The first-order valence-corrected chi connectivity index (χ1v) is 5.21. The first kappa shape index (κ1) is 12.1.